The zero-order valence-electron chi connectivity index (χ0n) is 13.4. The van der Waals surface area contributed by atoms with Crippen LogP contribution in [0.3, 0.4) is 0 Å². The van der Waals surface area contributed by atoms with Crippen molar-refractivity contribution in [1.82, 2.24) is 14.6 Å². The smallest absolute Gasteiger partial charge is 0.222 e. The Morgan fingerprint density at radius 3 is 2.67 bits per heavy atom. The van der Waals surface area contributed by atoms with Crippen molar-refractivity contribution in [3.8, 4) is 0 Å². The van der Waals surface area contributed by atoms with Crippen molar-refractivity contribution in [3.63, 3.8) is 0 Å². The molecule has 0 amide bonds. The summed E-state index contributed by atoms with van der Waals surface area (Å²) in [5, 5.41) is 7.44. The Labute approximate surface area is 152 Å². The second-order valence-electron chi connectivity index (χ2n) is 5.55. The Morgan fingerprint density at radius 2 is 2.00 bits per heavy atom. The third-order valence-corrected chi connectivity index (χ3v) is 4.55. The molecule has 0 bridgehead atoms. The summed E-state index contributed by atoms with van der Waals surface area (Å²) >= 11 is 1.76. The van der Waals surface area contributed by atoms with E-state index in [1.165, 1.54) is 13.3 Å². The van der Waals surface area contributed by atoms with E-state index in [1.807, 2.05) is 19.9 Å². The van der Waals surface area contributed by atoms with Crippen molar-refractivity contribution >= 4 is 49.2 Å². The molecule has 0 fully saturated rings. The Kier molecular flexibility index (Phi) is 4.35. The molecule has 1 aromatic carbocycles. The second kappa shape index (κ2) is 6.31. The van der Waals surface area contributed by atoms with Crippen molar-refractivity contribution in [2.75, 3.05) is 5.32 Å². The number of hydrogen-bond donors (Lipinski definition) is 1. The molecule has 0 unspecified atom stereocenters. The molecule has 0 aliphatic carbocycles. The van der Waals surface area contributed by atoms with E-state index in [9.17, 15) is 9.59 Å². The number of Topliss-reactive ketones (excluding diaryl/α,β-unsaturated/α-hetero) is 1. The molecular formula is C17H15IN4O2. The highest BCUT2D eigenvalue weighted by Gasteiger charge is 2.16. The van der Waals surface area contributed by atoms with Gasteiger partial charge >= 0.3 is 0 Å². The fourth-order valence-corrected chi connectivity index (χ4v) is 2.95. The molecule has 0 aliphatic heterocycles. The molecule has 2 aromatic heterocycles. The lowest BCUT2D eigenvalue weighted by Crippen LogP contribution is -2.02. The van der Waals surface area contributed by atoms with Gasteiger partial charge in [0.05, 0.1) is 0 Å². The number of halogens is 1. The monoisotopic (exact) mass is 434 g/mol. The van der Waals surface area contributed by atoms with Gasteiger partial charge < -0.3 is 5.32 Å². The molecule has 2 heterocycles. The van der Waals surface area contributed by atoms with Gasteiger partial charge in [-0.2, -0.15) is 5.10 Å². The van der Waals surface area contributed by atoms with Gasteiger partial charge in [-0.3, -0.25) is 9.59 Å². The summed E-state index contributed by atoms with van der Waals surface area (Å²) in [5.74, 6) is 0.578. The summed E-state index contributed by atoms with van der Waals surface area (Å²) in [6.07, 6.45) is 3.14. The van der Waals surface area contributed by atoms with Crippen molar-refractivity contribution in [1.29, 1.82) is 0 Å². The first kappa shape index (κ1) is 16.6. The molecule has 122 valence electrons. The van der Waals surface area contributed by atoms with Crippen molar-refractivity contribution in [3.05, 3.63) is 53.0 Å². The highest BCUT2D eigenvalue weighted by atomic mass is 127. The quantitative estimate of drug-likeness (QED) is 0.384. The molecule has 0 aliphatic rings. The van der Waals surface area contributed by atoms with E-state index in [1.54, 1.807) is 45.4 Å². The molecule has 1 N–H and O–H groups in total. The maximum atomic E-state index is 11.8. The average Bonchev–Trinajstić information content (AvgIpc) is 2.87. The predicted molar refractivity (Wildman–Crippen MR) is 101 cm³/mol. The van der Waals surface area contributed by atoms with Crippen LogP contribution in [0.25, 0.3) is 5.52 Å². The first-order valence-electron chi connectivity index (χ1n) is 7.30. The molecule has 0 atom stereocenters. The highest BCUT2D eigenvalue weighted by molar-refractivity contribution is 14.1. The van der Waals surface area contributed by atoms with Crippen LogP contribution in [0.1, 0.15) is 38.8 Å². The van der Waals surface area contributed by atoms with Crippen LogP contribution in [-0.2, 0) is 0 Å². The van der Waals surface area contributed by atoms with Gasteiger partial charge in [0.25, 0.3) is 0 Å². The van der Waals surface area contributed by atoms with Crippen LogP contribution in [0.5, 0.6) is 0 Å². The number of anilines is 2. The van der Waals surface area contributed by atoms with Crippen LogP contribution in [0, 0.1) is 13.8 Å². The van der Waals surface area contributed by atoms with E-state index in [4.69, 9.17) is 0 Å². The van der Waals surface area contributed by atoms with Crippen molar-refractivity contribution < 1.29 is 9.59 Å². The van der Waals surface area contributed by atoms with Crippen LogP contribution in [-0.4, -0.2) is 24.2 Å². The maximum Gasteiger partial charge on any atom is 0.222 e. The molecule has 0 saturated carbocycles. The number of aromatic nitrogens is 3. The van der Waals surface area contributed by atoms with Gasteiger partial charge in [0.15, 0.2) is 11.6 Å². The van der Waals surface area contributed by atoms with Gasteiger partial charge in [-0.1, -0.05) is 12.1 Å². The zero-order valence-corrected chi connectivity index (χ0v) is 15.6. The number of nitrogens with one attached hydrogen (secondary N) is 1. The van der Waals surface area contributed by atoms with E-state index in [0.717, 1.165) is 22.3 Å². The second-order valence-corrected chi connectivity index (χ2v) is 6.53. The molecule has 7 heteroatoms. The summed E-state index contributed by atoms with van der Waals surface area (Å²) < 4.78 is 1.62. The third kappa shape index (κ3) is 2.91. The van der Waals surface area contributed by atoms with Gasteiger partial charge in [-0.05, 0) is 38.0 Å². The lowest BCUT2D eigenvalue weighted by molar-refractivity contribution is 0.101. The first-order chi connectivity index (χ1) is 11.4. The van der Waals surface area contributed by atoms with Crippen LogP contribution in [0.2, 0.25) is 0 Å². The Balaban J connectivity index is 2.13. The average molecular weight is 434 g/mol. The minimum atomic E-state index is -0.0267. The lowest BCUT2D eigenvalue weighted by Gasteiger charge is -2.11. The molecule has 24 heavy (non-hydrogen) atoms. The number of rotatable bonds is 4. The van der Waals surface area contributed by atoms with E-state index in [0.29, 0.717) is 16.9 Å². The Morgan fingerprint density at radius 1 is 1.25 bits per heavy atom. The minimum Gasteiger partial charge on any atom is -0.338 e. The Bertz CT molecular complexity index is 978. The van der Waals surface area contributed by atoms with Crippen LogP contribution >= 0.6 is 22.6 Å². The minimum absolute atomic E-state index is 0.0161. The summed E-state index contributed by atoms with van der Waals surface area (Å²) in [5.41, 5.74) is 4.58. The maximum absolute atomic E-state index is 11.8. The lowest BCUT2D eigenvalue weighted by atomic mass is 10.1. The number of benzene rings is 1. The molecular weight excluding hydrogens is 419 g/mol. The van der Waals surface area contributed by atoms with Crippen LogP contribution < -0.4 is 5.32 Å². The van der Waals surface area contributed by atoms with E-state index in [-0.39, 0.29) is 9.57 Å². The van der Waals surface area contributed by atoms with Gasteiger partial charge in [-0.25, -0.2) is 9.50 Å². The van der Waals surface area contributed by atoms with Crippen molar-refractivity contribution in [2.24, 2.45) is 0 Å². The topological polar surface area (TPSA) is 76.4 Å². The van der Waals surface area contributed by atoms with Gasteiger partial charge in [0, 0.05) is 45.6 Å². The van der Waals surface area contributed by atoms with E-state index < -0.39 is 0 Å². The highest BCUT2D eigenvalue weighted by Crippen LogP contribution is 2.27. The van der Waals surface area contributed by atoms with E-state index in [2.05, 4.69) is 15.4 Å². The summed E-state index contributed by atoms with van der Waals surface area (Å²) in [6.45, 7) is 5.36. The molecule has 3 rings (SSSR count). The number of ketones is 1. The third-order valence-electron chi connectivity index (χ3n) is 3.92. The normalized spacial score (nSPS) is 10.8. The fraction of sp³-hybridized carbons (Fsp3) is 0.176. The standard InChI is InChI=1S/C17H15IN4O2/c1-9-4-5-12(16(18)24)6-14(9)21-17-15-10(2)13(11(3)23)7-22(15)20-8-19-17/h4-8H,1-3H3,(H,19,20,21). The summed E-state index contributed by atoms with van der Waals surface area (Å²) in [6, 6.07) is 5.48. The molecule has 0 spiro atoms. The largest absolute Gasteiger partial charge is 0.338 e. The predicted octanol–water partition coefficient (Wildman–Crippen LogP) is 3.87. The Hall–Kier alpha value is -2.29. The number of hydrogen-bond acceptors (Lipinski definition) is 5. The number of fused-ring (bicyclic) bond motifs is 1. The number of carbonyl (C=O) groups excluding carboxylic acids is 2. The summed E-state index contributed by atoms with van der Waals surface area (Å²) in [4.78, 5) is 27.7. The van der Waals surface area contributed by atoms with Crippen LogP contribution in [0.4, 0.5) is 11.5 Å². The fourth-order valence-electron chi connectivity index (χ4n) is 2.61. The zero-order chi connectivity index (χ0) is 17.4. The number of carbonyl (C=O) groups is 2. The molecule has 0 saturated heterocycles. The SMILES string of the molecule is CC(=O)c1cn2ncnc(Nc3cc(C(=O)I)ccc3C)c2c1C. The van der Waals surface area contributed by atoms with Gasteiger partial charge in [0.1, 0.15) is 11.8 Å². The molecule has 0 radical (unpaired) electrons. The van der Waals surface area contributed by atoms with Gasteiger partial charge in [-0.15, -0.1) is 0 Å². The number of nitrogens with zero attached hydrogens (tertiary/aromatic N) is 3. The number of aryl methyl sites for hydroxylation is 2. The van der Waals surface area contributed by atoms with E-state index >= 15 is 0 Å². The van der Waals surface area contributed by atoms with Crippen molar-refractivity contribution in [2.45, 2.75) is 20.8 Å². The summed E-state index contributed by atoms with van der Waals surface area (Å²) in [7, 11) is 0. The molecule has 6 nitrogen and oxygen atoms in total. The van der Waals surface area contributed by atoms with Crippen LogP contribution in [0.15, 0.2) is 30.7 Å². The first-order valence-corrected chi connectivity index (χ1v) is 8.37. The van der Waals surface area contributed by atoms with Gasteiger partial charge in [0.2, 0.25) is 3.79 Å². The molecule has 3 aromatic rings.